The van der Waals surface area contributed by atoms with Crippen molar-refractivity contribution in [1.29, 1.82) is 0 Å². The molecule has 20 heavy (non-hydrogen) atoms. The molecule has 0 spiro atoms. The standard InChI is InChI=1S/C15H15FN2O2/c1-9-6-11(3-5-14(9)19)15(20)18-13-4-2-10(8-17)7-12(13)16/h2-7,19H,8,17H2,1H3,(H,18,20). The molecule has 0 unspecified atom stereocenters. The smallest absolute Gasteiger partial charge is 0.255 e. The molecule has 0 fully saturated rings. The van der Waals surface area contributed by atoms with Crippen molar-refractivity contribution in [3.05, 3.63) is 58.9 Å². The van der Waals surface area contributed by atoms with Gasteiger partial charge in [0.1, 0.15) is 11.6 Å². The number of carbonyl (C=O) groups excluding carboxylic acids is 1. The lowest BCUT2D eigenvalue weighted by molar-refractivity contribution is 0.102. The number of benzene rings is 2. The summed E-state index contributed by atoms with van der Waals surface area (Å²) in [5, 5.41) is 11.9. The summed E-state index contributed by atoms with van der Waals surface area (Å²) in [5.74, 6) is -0.857. The Labute approximate surface area is 116 Å². The number of nitrogens with one attached hydrogen (secondary N) is 1. The van der Waals surface area contributed by atoms with Crippen LogP contribution in [0.2, 0.25) is 0 Å². The molecule has 4 N–H and O–H groups in total. The number of nitrogens with two attached hydrogens (primary N) is 1. The van der Waals surface area contributed by atoms with Gasteiger partial charge in [0.15, 0.2) is 0 Å². The van der Waals surface area contributed by atoms with Gasteiger partial charge in [0.05, 0.1) is 5.69 Å². The van der Waals surface area contributed by atoms with Crippen molar-refractivity contribution in [2.45, 2.75) is 13.5 Å². The van der Waals surface area contributed by atoms with Gasteiger partial charge in [-0.2, -0.15) is 0 Å². The maximum Gasteiger partial charge on any atom is 0.255 e. The minimum absolute atomic E-state index is 0.0953. The van der Waals surface area contributed by atoms with Crippen LogP contribution in [0.3, 0.4) is 0 Å². The summed E-state index contributed by atoms with van der Waals surface area (Å²) in [7, 11) is 0. The molecule has 0 atom stereocenters. The molecular weight excluding hydrogens is 259 g/mol. The quantitative estimate of drug-likeness (QED) is 0.805. The molecule has 0 heterocycles. The molecule has 0 saturated carbocycles. The first kappa shape index (κ1) is 14.0. The first-order valence-electron chi connectivity index (χ1n) is 6.10. The number of rotatable bonds is 3. The van der Waals surface area contributed by atoms with Crippen LogP contribution in [0, 0.1) is 12.7 Å². The van der Waals surface area contributed by atoms with Gasteiger partial charge in [-0.15, -0.1) is 0 Å². The molecule has 0 aliphatic heterocycles. The SMILES string of the molecule is Cc1cc(C(=O)Nc2ccc(CN)cc2F)ccc1O. The predicted octanol–water partition coefficient (Wildman–Crippen LogP) is 2.55. The number of amides is 1. The monoisotopic (exact) mass is 274 g/mol. The van der Waals surface area contributed by atoms with E-state index in [4.69, 9.17) is 5.73 Å². The zero-order chi connectivity index (χ0) is 14.7. The zero-order valence-corrected chi connectivity index (χ0v) is 11.0. The number of aryl methyl sites for hydroxylation is 1. The zero-order valence-electron chi connectivity index (χ0n) is 11.0. The molecule has 2 aromatic rings. The molecule has 2 rings (SSSR count). The van der Waals surface area contributed by atoms with Gasteiger partial charge in [-0.25, -0.2) is 4.39 Å². The second-order valence-corrected chi connectivity index (χ2v) is 4.47. The van der Waals surface area contributed by atoms with Gasteiger partial charge in [-0.05, 0) is 48.4 Å². The van der Waals surface area contributed by atoms with Crippen LogP contribution in [0.4, 0.5) is 10.1 Å². The summed E-state index contributed by atoms with van der Waals surface area (Å²) >= 11 is 0. The van der Waals surface area contributed by atoms with E-state index in [2.05, 4.69) is 5.32 Å². The summed E-state index contributed by atoms with van der Waals surface area (Å²) in [6.07, 6.45) is 0. The van der Waals surface area contributed by atoms with Gasteiger partial charge < -0.3 is 16.2 Å². The molecule has 1 amide bonds. The molecule has 0 aromatic heterocycles. The normalized spacial score (nSPS) is 10.3. The molecule has 0 aliphatic carbocycles. The summed E-state index contributed by atoms with van der Waals surface area (Å²) in [4.78, 5) is 12.0. The van der Waals surface area contributed by atoms with Crippen molar-refractivity contribution < 1.29 is 14.3 Å². The molecule has 4 nitrogen and oxygen atoms in total. The summed E-state index contributed by atoms with van der Waals surface area (Å²) < 4.78 is 13.7. The topological polar surface area (TPSA) is 75.4 Å². The summed E-state index contributed by atoms with van der Waals surface area (Å²) in [6.45, 7) is 1.92. The number of phenolic OH excluding ortho intramolecular Hbond substituents is 1. The van der Waals surface area contributed by atoms with Crippen molar-refractivity contribution >= 4 is 11.6 Å². The molecule has 5 heteroatoms. The fourth-order valence-corrected chi connectivity index (χ4v) is 1.78. The Hall–Kier alpha value is -2.40. The molecular formula is C15H15FN2O2. The van der Waals surface area contributed by atoms with Gasteiger partial charge in [0.2, 0.25) is 0 Å². The summed E-state index contributed by atoms with van der Waals surface area (Å²) in [6, 6.07) is 8.86. The Morgan fingerprint density at radius 1 is 1.30 bits per heavy atom. The van der Waals surface area contributed by atoms with Crippen molar-refractivity contribution in [3.63, 3.8) is 0 Å². The Kier molecular flexibility index (Phi) is 4.00. The van der Waals surface area contributed by atoms with Gasteiger partial charge in [-0.3, -0.25) is 4.79 Å². The molecule has 0 saturated heterocycles. The van der Waals surface area contributed by atoms with E-state index in [9.17, 15) is 14.3 Å². The van der Waals surface area contributed by atoms with Gasteiger partial charge in [0.25, 0.3) is 5.91 Å². The fourth-order valence-electron chi connectivity index (χ4n) is 1.78. The molecule has 0 bridgehead atoms. The number of phenols is 1. The molecule has 0 aliphatic rings. The number of carbonyl (C=O) groups is 1. The van der Waals surface area contributed by atoms with Crippen molar-refractivity contribution in [1.82, 2.24) is 0 Å². The van der Waals surface area contributed by atoms with Crippen LogP contribution >= 0.6 is 0 Å². The molecule has 0 radical (unpaired) electrons. The first-order valence-corrected chi connectivity index (χ1v) is 6.10. The highest BCUT2D eigenvalue weighted by Gasteiger charge is 2.11. The Balaban J connectivity index is 2.21. The van der Waals surface area contributed by atoms with Gasteiger partial charge in [-0.1, -0.05) is 6.07 Å². The van der Waals surface area contributed by atoms with Crippen molar-refractivity contribution in [2.24, 2.45) is 5.73 Å². The van der Waals surface area contributed by atoms with E-state index in [-0.39, 0.29) is 18.0 Å². The second kappa shape index (κ2) is 5.71. The van der Waals surface area contributed by atoms with Crippen molar-refractivity contribution in [2.75, 3.05) is 5.32 Å². The van der Waals surface area contributed by atoms with Crippen LogP contribution in [0.15, 0.2) is 36.4 Å². The van der Waals surface area contributed by atoms with Crippen molar-refractivity contribution in [3.8, 4) is 5.75 Å². The van der Waals surface area contributed by atoms with E-state index in [1.807, 2.05) is 0 Å². The minimum atomic E-state index is -0.531. The van der Waals surface area contributed by atoms with Crippen LogP contribution < -0.4 is 11.1 Å². The molecule has 104 valence electrons. The highest BCUT2D eigenvalue weighted by Crippen LogP contribution is 2.20. The average Bonchev–Trinajstić information content (AvgIpc) is 2.43. The first-order chi connectivity index (χ1) is 9.51. The number of hydrogen-bond acceptors (Lipinski definition) is 3. The van der Waals surface area contributed by atoms with E-state index in [1.54, 1.807) is 13.0 Å². The minimum Gasteiger partial charge on any atom is -0.508 e. The average molecular weight is 274 g/mol. The van der Waals surface area contributed by atoms with Crippen LogP contribution in [-0.4, -0.2) is 11.0 Å². The van der Waals surface area contributed by atoms with Crippen LogP contribution in [0.1, 0.15) is 21.5 Å². The lowest BCUT2D eigenvalue weighted by atomic mass is 10.1. The highest BCUT2D eigenvalue weighted by molar-refractivity contribution is 6.04. The number of hydrogen-bond donors (Lipinski definition) is 3. The van der Waals surface area contributed by atoms with Crippen LogP contribution in [0.25, 0.3) is 0 Å². The fraction of sp³-hybridized carbons (Fsp3) is 0.133. The van der Waals surface area contributed by atoms with Crippen LogP contribution in [0.5, 0.6) is 5.75 Å². The lowest BCUT2D eigenvalue weighted by Crippen LogP contribution is -2.13. The van der Waals surface area contributed by atoms with E-state index in [1.165, 1.54) is 30.3 Å². The Morgan fingerprint density at radius 3 is 2.65 bits per heavy atom. The van der Waals surface area contributed by atoms with Crippen LogP contribution in [-0.2, 0) is 6.54 Å². The predicted molar refractivity (Wildman–Crippen MR) is 75.1 cm³/mol. The lowest BCUT2D eigenvalue weighted by Gasteiger charge is -2.08. The Morgan fingerprint density at radius 2 is 2.05 bits per heavy atom. The van der Waals surface area contributed by atoms with E-state index in [0.29, 0.717) is 16.7 Å². The van der Waals surface area contributed by atoms with E-state index in [0.717, 1.165) is 0 Å². The Bertz CT molecular complexity index is 656. The highest BCUT2D eigenvalue weighted by atomic mass is 19.1. The van der Waals surface area contributed by atoms with E-state index < -0.39 is 11.7 Å². The third-order valence-electron chi connectivity index (χ3n) is 2.98. The maximum absolute atomic E-state index is 13.7. The third kappa shape index (κ3) is 2.95. The number of anilines is 1. The largest absolute Gasteiger partial charge is 0.508 e. The number of halogens is 1. The maximum atomic E-state index is 13.7. The van der Waals surface area contributed by atoms with E-state index >= 15 is 0 Å². The van der Waals surface area contributed by atoms with Gasteiger partial charge in [0, 0.05) is 12.1 Å². The van der Waals surface area contributed by atoms with Gasteiger partial charge >= 0.3 is 0 Å². The second-order valence-electron chi connectivity index (χ2n) is 4.47. The number of aromatic hydroxyl groups is 1. The summed E-state index contributed by atoms with van der Waals surface area (Å²) in [5.41, 5.74) is 7.09. The molecule has 2 aromatic carbocycles. The third-order valence-corrected chi connectivity index (χ3v) is 2.98.